The first-order valence-corrected chi connectivity index (χ1v) is 11.8. The summed E-state index contributed by atoms with van der Waals surface area (Å²) in [4.78, 5) is 31.0. The van der Waals surface area contributed by atoms with E-state index in [1.165, 1.54) is 11.8 Å². The Bertz CT molecular complexity index is 1260. The molecule has 0 bridgehead atoms. The first kappa shape index (κ1) is 21.2. The second-order valence-corrected chi connectivity index (χ2v) is 9.73. The van der Waals surface area contributed by atoms with Crippen LogP contribution in [0.2, 0.25) is 5.02 Å². The number of aromatic nitrogens is 2. The van der Waals surface area contributed by atoms with Crippen LogP contribution in [0.25, 0.3) is 10.9 Å². The lowest BCUT2D eigenvalue weighted by Gasteiger charge is -2.20. The number of fused-ring (bicyclic) bond motifs is 2. The van der Waals surface area contributed by atoms with E-state index in [-0.39, 0.29) is 24.3 Å². The summed E-state index contributed by atoms with van der Waals surface area (Å²) in [5, 5.41) is 4.05. The van der Waals surface area contributed by atoms with E-state index in [2.05, 4.69) is 5.32 Å². The van der Waals surface area contributed by atoms with Crippen molar-refractivity contribution in [1.29, 1.82) is 0 Å². The van der Waals surface area contributed by atoms with E-state index < -0.39 is 5.25 Å². The number of nitrogens with zero attached hydrogens (tertiary/aromatic N) is 2. The zero-order valence-electron chi connectivity index (χ0n) is 17.5. The van der Waals surface area contributed by atoms with Gasteiger partial charge in [0.15, 0.2) is 16.7 Å². The van der Waals surface area contributed by atoms with Gasteiger partial charge in [-0.2, -0.15) is 0 Å². The third-order valence-corrected chi connectivity index (χ3v) is 7.11. The molecule has 2 aliphatic rings. The van der Waals surface area contributed by atoms with Crippen molar-refractivity contribution in [2.45, 2.75) is 49.1 Å². The second-order valence-electron chi connectivity index (χ2n) is 7.99. The highest BCUT2D eigenvalue weighted by Crippen LogP contribution is 2.36. The van der Waals surface area contributed by atoms with Crippen LogP contribution in [0.15, 0.2) is 46.3 Å². The van der Waals surface area contributed by atoms with Crippen molar-refractivity contribution in [3.63, 3.8) is 0 Å². The highest BCUT2D eigenvalue weighted by atomic mass is 35.5. The van der Waals surface area contributed by atoms with Crippen molar-refractivity contribution < 1.29 is 14.3 Å². The SMILES string of the molecule is C[C@H](Sc1nc2cc(Cl)ccc2c(=O)n1C1CCCC1)C(=O)Nc1ccc2c(c1)OCO2. The largest absolute Gasteiger partial charge is 0.454 e. The van der Waals surface area contributed by atoms with E-state index in [0.717, 1.165) is 25.7 Å². The van der Waals surface area contributed by atoms with E-state index in [1.807, 2.05) is 0 Å². The molecule has 2 aromatic carbocycles. The molecule has 0 unspecified atom stereocenters. The zero-order chi connectivity index (χ0) is 22.2. The third kappa shape index (κ3) is 4.04. The molecule has 2 heterocycles. The quantitative estimate of drug-likeness (QED) is 0.416. The molecule has 32 heavy (non-hydrogen) atoms. The molecule has 1 saturated carbocycles. The van der Waals surface area contributed by atoms with Crippen LogP contribution < -0.4 is 20.3 Å². The number of benzene rings is 2. The summed E-state index contributed by atoms with van der Waals surface area (Å²) < 4.78 is 12.5. The molecule has 1 aliphatic carbocycles. The van der Waals surface area contributed by atoms with Gasteiger partial charge < -0.3 is 14.8 Å². The van der Waals surface area contributed by atoms with E-state index in [4.69, 9.17) is 26.1 Å². The van der Waals surface area contributed by atoms with E-state index >= 15 is 0 Å². The number of amides is 1. The minimum Gasteiger partial charge on any atom is -0.454 e. The molecule has 166 valence electrons. The van der Waals surface area contributed by atoms with E-state index in [1.54, 1.807) is 47.9 Å². The first-order chi connectivity index (χ1) is 15.5. The van der Waals surface area contributed by atoms with Gasteiger partial charge in [-0.15, -0.1) is 0 Å². The molecule has 5 rings (SSSR count). The molecule has 0 radical (unpaired) electrons. The summed E-state index contributed by atoms with van der Waals surface area (Å²) >= 11 is 7.42. The van der Waals surface area contributed by atoms with Crippen LogP contribution in [0.4, 0.5) is 5.69 Å². The molecule has 1 aliphatic heterocycles. The van der Waals surface area contributed by atoms with Crippen LogP contribution in [0, 0.1) is 0 Å². The molecule has 1 atom stereocenters. The van der Waals surface area contributed by atoms with Gasteiger partial charge in [0, 0.05) is 22.8 Å². The topological polar surface area (TPSA) is 82.5 Å². The summed E-state index contributed by atoms with van der Waals surface area (Å²) in [5.74, 6) is 1.07. The van der Waals surface area contributed by atoms with Crippen LogP contribution >= 0.6 is 23.4 Å². The Morgan fingerprint density at radius 2 is 1.97 bits per heavy atom. The van der Waals surface area contributed by atoms with Gasteiger partial charge in [-0.1, -0.05) is 36.2 Å². The Morgan fingerprint density at radius 3 is 2.78 bits per heavy atom. The summed E-state index contributed by atoms with van der Waals surface area (Å²) in [6.45, 7) is 1.98. The summed E-state index contributed by atoms with van der Waals surface area (Å²) in [6, 6.07) is 10.5. The minimum atomic E-state index is -0.475. The lowest BCUT2D eigenvalue weighted by molar-refractivity contribution is -0.115. The van der Waals surface area contributed by atoms with Gasteiger partial charge in [0.1, 0.15) is 0 Å². The second kappa shape index (κ2) is 8.67. The lowest BCUT2D eigenvalue weighted by atomic mass is 10.2. The third-order valence-electron chi connectivity index (χ3n) is 5.81. The number of halogens is 1. The summed E-state index contributed by atoms with van der Waals surface area (Å²) in [5.41, 5.74) is 1.09. The normalized spacial score (nSPS) is 16.4. The average Bonchev–Trinajstić information content (AvgIpc) is 3.45. The maximum absolute atomic E-state index is 13.3. The average molecular weight is 472 g/mol. The molecule has 1 fully saturated rings. The van der Waals surface area contributed by atoms with Crippen molar-refractivity contribution in [2.24, 2.45) is 0 Å². The Kier molecular flexibility index (Phi) is 5.73. The van der Waals surface area contributed by atoms with Crippen molar-refractivity contribution >= 4 is 45.9 Å². The van der Waals surface area contributed by atoms with Crippen LogP contribution in [0.5, 0.6) is 11.5 Å². The molecule has 3 aromatic rings. The van der Waals surface area contributed by atoms with E-state index in [9.17, 15) is 9.59 Å². The van der Waals surface area contributed by atoms with Gasteiger partial charge in [0.25, 0.3) is 5.56 Å². The monoisotopic (exact) mass is 471 g/mol. The van der Waals surface area contributed by atoms with Crippen molar-refractivity contribution in [2.75, 3.05) is 12.1 Å². The molecule has 0 spiro atoms. The number of carbonyl (C=O) groups is 1. The fourth-order valence-corrected chi connectivity index (χ4v) is 5.29. The van der Waals surface area contributed by atoms with Crippen LogP contribution in [-0.4, -0.2) is 27.5 Å². The Labute approximate surface area is 194 Å². The van der Waals surface area contributed by atoms with Gasteiger partial charge >= 0.3 is 0 Å². The number of ether oxygens (including phenoxy) is 2. The van der Waals surface area contributed by atoms with Gasteiger partial charge in [-0.05, 0) is 50.1 Å². The summed E-state index contributed by atoms with van der Waals surface area (Å²) in [7, 11) is 0. The van der Waals surface area contributed by atoms with Gasteiger partial charge in [0.2, 0.25) is 12.7 Å². The number of rotatable bonds is 5. The minimum absolute atomic E-state index is 0.0792. The number of hydrogen-bond acceptors (Lipinski definition) is 6. The molecule has 7 nitrogen and oxygen atoms in total. The molecule has 1 amide bonds. The highest BCUT2D eigenvalue weighted by Gasteiger charge is 2.26. The van der Waals surface area contributed by atoms with Crippen molar-refractivity contribution in [3.8, 4) is 11.5 Å². The number of anilines is 1. The molecule has 1 N–H and O–H groups in total. The van der Waals surface area contributed by atoms with Gasteiger partial charge in [-0.25, -0.2) is 4.98 Å². The van der Waals surface area contributed by atoms with E-state index in [0.29, 0.717) is 38.3 Å². The Hall–Kier alpha value is -2.71. The molecule has 1 aromatic heterocycles. The fraction of sp³-hybridized carbons (Fsp3) is 0.348. The van der Waals surface area contributed by atoms with Crippen LogP contribution in [-0.2, 0) is 4.79 Å². The molecule has 0 saturated heterocycles. The molecular formula is C23H22ClN3O4S. The smallest absolute Gasteiger partial charge is 0.262 e. The lowest BCUT2D eigenvalue weighted by Crippen LogP contribution is -2.29. The van der Waals surface area contributed by atoms with Crippen LogP contribution in [0.3, 0.4) is 0 Å². The van der Waals surface area contributed by atoms with Crippen molar-refractivity contribution in [1.82, 2.24) is 9.55 Å². The standard InChI is InChI=1S/C23H22ClN3O4S/c1-13(21(28)25-15-7-9-19-20(11-15)31-12-30-19)32-23-26-18-10-14(24)6-8-17(18)22(29)27(23)16-4-2-3-5-16/h6-11,13,16H,2-5,12H2,1H3,(H,25,28)/t13-/m0/s1. The number of hydrogen-bond donors (Lipinski definition) is 1. The predicted octanol–water partition coefficient (Wildman–Crippen LogP) is 5.01. The maximum atomic E-state index is 13.3. The Balaban J connectivity index is 1.43. The number of thioether (sulfide) groups is 1. The molecular weight excluding hydrogens is 450 g/mol. The first-order valence-electron chi connectivity index (χ1n) is 10.6. The predicted molar refractivity (Wildman–Crippen MR) is 125 cm³/mol. The molecule has 9 heteroatoms. The highest BCUT2D eigenvalue weighted by molar-refractivity contribution is 8.00. The van der Waals surface area contributed by atoms with Crippen LogP contribution in [0.1, 0.15) is 38.6 Å². The maximum Gasteiger partial charge on any atom is 0.262 e. The van der Waals surface area contributed by atoms with Gasteiger partial charge in [0.05, 0.1) is 16.2 Å². The van der Waals surface area contributed by atoms with Gasteiger partial charge in [-0.3, -0.25) is 14.2 Å². The number of nitrogens with one attached hydrogen (secondary N) is 1. The fourth-order valence-electron chi connectivity index (χ4n) is 4.15. The van der Waals surface area contributed by atoms with Crippen molar-refractivity contribution in [3.05, 3.63) is 51.8 Å². The zero-order valence-corrected chi connectivity index (χ0v) is 19.0. The number of carbonyl (C=O) groups excluding carboxylic acids is 1. The Morgan fingerprint density at radius 1 is 1.19 bits per heavy atom. The summed E-state index contributed by atoms with van der Waals surface area (Å²) in [6.07, 6.45) is 4.04.